The third-order valence-electron chi connectivity index (χ3n) is 2.31. The van der Waals surface area contributed by atoms with Gasteiger partial charge in [0.15, 0.2) is 0 Å². The molecule has 80 valence electrons. The molecule has 2 N–H and O–H groups in total. The number of nitriles is 1. The van der Waals surface area contributed by atoms with Crippen molar-refractivity contribution >= 4 is 0 Å². The van der Waals surface area contributed by atoms with E-state index in [4.69, 9.17) is 10.4 Å². The van der Waals surface area contributed by atoms with E-state index in [1.807, 2.05) is 6.07 Å². The van der Waals surface area contributed by atoms with Gasteiger partial charge in [-0.25, -0.2) is 0 Å². The zero-order valence-electron chi connectivity index (χ0n) is 8.61. The van der Waals surface area contributed by atoms with Crippen LogP contribution in [0, 0.1) is 11.3 Å². The Bertz CT molecular complexity index is 355. The molecule has 0 radical (unpaired) electrons. The van der Waals surface area contributed by atoms with E-state index in [0.29, 0.717) is 5.56 Å². The van der Waals surface area contributed by atoms with Gasteiger partial charge in [-0.3, -0.25) is 0 Å². The van der Waals surface area contributed by atoms with E-state index < -0.39 is 0 Å². The topological polar surface area (TPSA) is 64.2 Å². The Balaban J connectivity index is 2.56. The summed E-state index contributed by atoms with van der Waals surface area (Å²) in [6.07, 6.45) is 3.40. The van der Waals surface area contributed by atoms with Crippen molar-refractivity contribution in [2.45, 2.75) is 25.7 Å². The molecule has 1 rings (SSSR count). The van der Waals surface area contributed by atoms with Gasteiger partial charge in [-0.2, -0.15) is 5.26 Å². The number of phenolic OH excluding ortho intramolecular Hbond substituents is 1. The van der Waals surface area contributed by atoms with E-state index in [-0.39, 0.29) is 12.4 Å². The largest absolute Gasteiger partial charge is 0.508 e. The molecule has 0 aromatic heterocycles. The van der Waals surface area contributed by atoms with Gasteiger partial charge in [0.1, 0.15) is 5.75 Å². The Morgan fingerprint density at radius 1 is 1.20 bits per heavy atom. The van der Waals surface area contributed by atoms with Gasteiger partial charge in [0.05, 0.1) is 11.6 Å². The first-order valence-electron chi connectivity index (χ1n) is 5.11. The second-order valence-corrected chi connectivity index (χ2v) is 3.49. The molecule has 0 aliphatic heterocycles. The number of hydrogen-bond acceptors (Lipinski definition) is 3. The molecule has 0 heterocycles. The molecule has 0 atom stereocenters. The van der Waals surface area contributed by atoms with Crippen LogP contribution in [0.25, 0.3) is 0 Å². The minimum absolute atomic E-state index is 0.213. The van der Waals surface area contributed by atoms with Crippen molar-refractivity contribution in [3.05, 3.63) is 29.3 Å². The molecule has 0 aliphatic carbocycles. The van der Waals surface area contributed by atoms with Crippen molar-refractivity contribution in [3.8, 4) is 11.8 Å². The zero-order chi connectivity index (χ0) is 11.1. The summed E-state index contributed by atoms with van der Waals surface area (Å²) in [5.74, 6) is 0.248. The highest BCUT2D eigenvalue weighted by Crippen LogP contribution is 2.20. The number of aromatic hydroxyl groups is 1. The number of hydrogen-bond donors (Lipinski definition) is 2. The van der Waals surface area contributed by atoms with Crippen LogP contribution in [0.3, 0.4) is 0 Å². The molecule has 1 aromatic rings. The number of aryl methyl sites for hydroxylation is 1. The molecule has 0 fully saturated rings. The summed E-state index contributed by atoms with van der Waals surface area (Å²) in [6, 6.07) is 6.92. The van der Waals surface area contributed by atoms with Crippen molar-refractivity contribution in [3.63, 3.8) is 0 Å². The Morgan fingerprint density at radius 3 is 2.67 bits per heavy atom. The summed E-state index contributed by atoms with van der Waals surface area (Å²) in [4.78, 5) is 0. The molecule has 0 saturated heterocycles. The van der Waals surface area contributed by atoms with Gasteiger partial charge in [0.25, 0.3) is 0 Å². The van der Waals surface area contributed by atoms with Crippen molar-refractivity contribution in [1.29, 1.82) is 5.26 Å². The van der Waals surface area contributed by atoms with E-state index in [0.717, 1.165) is 31.2 Å². The predicted molar refractivity (Wildman–Crippen MR) is 57.5 cm³/mol. The van der Waals surface area contributed by atoms with Crippen molar-refractivity contribution in [2.24, 2.45) is 0 Å². The summed E-state index contributed by atoms with van der Waals surface area (Å²) < 4.78 is 0. The Labute approximate surface area is 89.6 Å². The van der Waals surface area contributed by atoms with E-state index in [9.17, 15) is 5.11 Å². The van der Waals surface area contributed by atoms with Gasteiger partial charge in [-0.15, -0.1) is 0 Å². The summed E-state index contributed by atoms with van der Waals surface area (Å²) in [5.41, 5.74) is 1.39. The summed E-state index contributed by atoms with van der Waals surface area (Å²) in [6.45, 7) is 0.213. The van der Waals surface area contributed by atoms with Gasteiger partial charge >= 0.3 is 0 Å². The normalized spacial score (nSPS) is 9.87. The third kappa shape index (κ3) is 3.61. The maximum atomic E-state index is 9.53. The Morgan fingerprint density at radius 2 is 2.00 bits per heavy atom. The summed E-state index contributed by atoms with van der Waals surface area (Å²) in [7, 11) is 0. The van der Waals surface area contributed by atoms with Crippen LogP contribution in [0.5, 0.6) is 5.75 Å². The number of phenols is 1. The number of aliphatic hydroxyl groups is 1. The van der Waals surface area contributed by atoms with E-state index in [2.05, 4.69) is 0 Å². The quantitative estimate of drug-likeness (QED) is 0.722. The van der Waals surface area contributed by atoms with Crippen LogP contribution < -0.4 is 0 Å². The maximum Gasteiger partial charge on any atom is 0.118 e. The molecule has 3 nitrogen and oxygen atoms in total. The monoisotopic (exact) mass is 205 g/mol. The van der Waals surface area contributed by atoms with Crippen LogP contribution in [-0.4, -0.2) is 16.8 Å². The lowest BCUT2D eigenvalue weighted by molar-refractivity contribution is 0.283. The number of unbranched alkanes of at least 4 members (excludes halogenated alkanes) is 2. The first-order chi connectivity index (χ1) is 7.27. The van der Waals surface area contributed by atoms with Crippen LogP contribution in [-0.2, 0) is 6.42 Å². The molecule has 0 bridgehead atoms. The SMILES string of the molecule is N#Cc1ccc(O)c(CCCCCO)c1. The lowest BCUT2D eigenvalue weighted by Gasteiger charge is -2.04. The molecule has 1 aromatic carbocycles. The molecular formula is C12H15NO2. The maximum absolute atomic E-state index is 9.53. The van der Waals surface area contributed by atoms with Gasteiger partial charge in [0.2, 0.25) is 0 Å². The molecule has 0 spiro atoms. The average Bonchev–Trinajstić information content (AvgIpc) is 2.26. The molecule has 0 amide bonds. The van der Waals surface area contributed by atoms with E-state index in [1.54, 1.807) is 18.2 Å². The van der Waals surface area contributed by atoms with Crippen molar-refractivity contribution in [1.82, 2.24) is 0 Å². The van der Waals surface area contributed by atoms with Crippen LogP contribution in [0.15, 0.2) is 18.2 Å². The third-order valence-corrected chi connectivity index (χ3v) is 2.31. The minimum Gasteiger partial charge on any atom is -0.508 e. The highest BCUT2D eigenvalue weighted by Gasteiger charge is 2.02. The van der Waals surface area contributed by atoms with Gasteiger partial charge in [-0.05, 0) is 43.0 Å². The number of aliphatic hydroxyl groups excluding tert-OH is 1. The number of benzene rings is 1. The zero-order valence-corrected chi connectivity index (χ0v) is 8.61. The first-order valence-corrected chi connectivity index (χ1v) is 5.11. The average molecular weight is 205 g/mol. The predicted octanol–water partition coefficient (Wildman–Crippen LogP) is 1.97. The van der Waals surface area contributed by atoms with E-state index in [1.165, 1.54) is 0 Å². The lowest BCUT2D eigenvalue weighted by atomic mass is 10.0. The summed E-state index contributed by atoms with van der Waals surface area (Å²) in [5, 5.41) is 26.8. The minimum atomic E-state index is 0.213. The van der Waals surface area contributed by atoms with Crippen LogP contribution in [0.2, 0.25) is 0 Å². The second-order valence-electron chi connectivity index (χ2n) is 3.49. The number of rotatable bonds is 5. The fraction of sp³-hybridized carbons (Fsp3) is 0.417. The van der Waals surface area contributed by atoms with Crippen LogP contribution >= 0.6 is 0 Å². The Hall–Kier alpha value is -1.53. The molecule has 15 heavy (non-hydrogen) atoms. The van der Waals surface area contributed by atoms with Crippen molar-refractivity contribution in [2.75, 3.05) is 6.61 Å². The molecule has 0 aliphatic rings. The van der Waals surface area contributed by atoms with Crippen molar-refractivity contribution < 1.29 is 10.2 Å². The fourth-order valence-corrected chi connectivity index (χ4v) is 1.46. The van der Waals surface area contributed by atoms with Gasteiger partial charge in [-0.1, -0.05) is 6.42 Å². The smallest absolute Gasteiger partial charge is 0.118 e. The highest BCUT2D eigenvalue weighted by atomic mass is 16.3. The highest BCUT2D eigenvalue weighted by molar-refractivity contribution is 5.41. The molecular weight excluding hydrogens is 190 g/mol. The lowest BCUT2D eigenvalue weighted by Crippen LogP contribution is -1.90. The first kappa shape index (κ1) is 11.5. The molecule has 0 saturated carbocycles. The fourth-order valence-electron chi connectivity index (χ4n) is 1.46. The van der Waals surface area contributed by atoms with Crippen LogP contribution in [0.1, 0.15) is 30.4 Å². The van der Waals surface area contributed by atoms with E-state index >= 15 is 0 Å². The van der Waals surface area contributed by atoms with Gasteiger partial charge < -0.3 is 10.2 Å². The van der Waals surface area contributed by atoms with Gasteiger partial charge in [0, 0.05) is 6.61 Å². The molecule has 3 heteroatoms. The molecule has 0 unspecified atom stereocenters. The summed E-state index contributed by atoms with van der Waals surface area (Å²) >= 11 is 0. The standard InChI is InChI=1S/C12H15NO2/c13-9-10-5-6-12(15)11(8-10)4-2-1-3-7-14/h5-6,8,14-15H,1-4,7H2. The van der Waals surface area contributed by atoms with Crippen LogP contribution in [0.4, 0.5) is 0 Å². The number of nitrogens with zero attached hydrogens (tertiary/aromatic N) is 1. The second kappa shape index (κ2) is 6.05. The Kier molecular flexibility index (Phi) is 4.65.